The molecule has 0 bridgehead atoms. The van der Waals surface area contributed by atoms with E-state index in [1.54, 1.807) is 0 Å². The van der Waals surface area contributed by atoms with Crippen molar-refractivity contribution in [2.45, 2.75) is 39.2 Å². The van der Waals surface area contributed by atoms with E-state index in [1.165, 1.54) is 25.8 Å². The minimum Gasteiger partial charge on any atom is -0.277 e. The molecule has 0 aromatic carbocycles. The number of rotatable bonds is 4. The Bertz CT molecular complexity index is 140. The fraction of sp³-hybridized carbons (Fsp3) is 0.889. The Hall–Kier alpha value is -0.530. The first kappa shape index (κ1) is 8.57. The molecule has 11 heavy (non-hydrogen) atoms. The highest BCUT2D eigenvalue weighted by atomic mass is 15.2. The van der Waals surface area contributed by atoms with E-state index < -0.39 is 0 Å². The Kier molecular flexibility index (Phi) is 3.40. The molecule has 0 radical (unpaired) electrons. The highest BCUT2D eigenvalue weighted by Crippen LogP contribution is 2.03. The summed E-state index contributed by atoms with van der Waals surface area (Å²) in [7, 11) is 0. The second-order valence-electron chi connectivity index (χ2n) is 3.31. The first-order valence-corrected chi connectivity index (χ1v) is 4.67. The van der Waals surface area contributed by atoms with E-state index in [0.29, 0.717) is 0 Å². The van der Waals surface area contributed by atoms with E-state index in [9.17, 15) is 0 Å². The van der Waals surface area contributed by atoms with Crippen LogP contribution in [-0.4, -0.2) is 30.0 Å². The fourth-order valence-corrected chi connectivity index (χ4v) is 1.45. The second kappa shape index (κ2) is 4.37. The Balaban J connectivity index is 2.23. The van der Waals surface area contributed by atoms with Gasteiger partial charge < -0.3 is 0 Å². The van der Waals surface area contributed by atoms with Gasteiger partial charge in [-0.15, -0.1) is 0 Å². The third-order valence-electron chi connectivity index (χ3n) is 2.31. The molecular formula is C9H19N2+. The molecule has 64 valence electrons. The summed E-state index contributed by atoms with van der Waals surface area (Å²) in [5.74, 6) is 0. The van der Waals surface area contributed by atoms with Crippen molar-refractivity contribution in [3.05, 3.63) is 0 Å². The lowest BCUT2D eigenvalue weighted by Gasteiger charge is -2.09. The van der Waals surface area contributed by atoms with Gasteiger partial charge in [0.1, 0.15) is 13.1 Å². The summed E-state index contributed by atoms with van der Waals surface area (Å²) in [5.41, 5.74) is 0. The van der Waals surface area contributed by atoms with Crippen molar-refractivity contribution in [1.82, 2.24) is 5.32 Å². The quantitative estimate of drug-likeness (QED) is 0.603. The SMILES string of the molecule is CCCCC(C)[N+]1=CNCC1. The lowest BCUT2D eigenvalue weighted by atomic mass is 10.1. The van der Waals surface area contributed by atoms with Gasteiger partial charge in [0, 0.05) is 0 Å². The van der Waals surface area contributed by atoms with E-state index in [1.807, 2.05) is 0 Å². The van der Waals surface area contributed by atoms with Crippen molar-refractivity contribution < 1.29 is 4.58 Å². The second-order valence-corrected chi connectivity index (χ2v) is 3.31. The van der Waals surface area contributed by atoms with Crippen molar-refractivity contribution in [3.8, 4) is 0 Å². The van der Waals surface area contributed by atoms with Crippen LogP contribution < -0.4 is 5.32 Å². The largest absolute Gasteiger partial charge is 0.277 e. The zero-order valence-electron chi connectivity index (χ0n) is 7.64. The highest BCUT2D eigenvalue weighted by molar-refractivity contribution is 5.49. The summed E-state index contributed by atoms with van der Waals surface area (Å²) in [6.07, 6.45) is 6.12. The first-order chi connectivity index (χ1) is 5.34. The topological polar surface area (TPSA) is 15.0 Å². The molecule has 0 aromatic rings. The minimum absolute atomic E-state index is 0.727. The zero-order valence-corrected chi connectivity index (χ0v) is 7.64. The normalized spacial score (nSPS) is 19.3. The van der Waals surface area contributed by atoms with Crippen LogP contribution in [0.5, 0.6) is 0 Å². The summed E-state index contributed by atoms with van der Waals surface area (Å²) in [5, 5.41) is 3.23. The molecule has 2 heteroatoms. The van der Waals surface area contributed by atoms with E-state index in [2.05, 4.69) is 30.1 Å². The van der Waals surface area contributed by atoms with Gasteiger partial charge in [-0.2, -0.15) is 0 Å². The monoisotopic (exact) mass is 155 g/mol. The van der Waals surface area contributed by atoms with Gasteiger partial charge >= 0.3 is 0 Å². The third kappa shape index (κ3) is 2.52. The first-order valence-electron chi connectivity index (χ1n) is 4.67. The van der Waals surface area contributed by atoms with Gasteiger partial charge in [0.2, 0.25) is 6.34 Å². The van der Waals surface area contributed by atoms with Crippen LogP contribution in [-0.2, 0) is 0 Å². The third-order valence-corrected chi connectivity index (χ3v) is 2.31. The van der Waals surface area contributed by atoms with Gasteiger partial charge in [-0.1, -0.05) is 13.3 Å². The van der Waals surface area contributed by atoms with Crippen LogP contribution in [0.4, 0.5) is 0 Å². The summed E-state index contributed by atoms with van der Waals surface area (Å²) < 4.78 is 2.40. The van der Waals surface area contributed by atoms with Crippen LogP contribution in [0.3, 0.4) is 0 Å². The van der Waals surface area contributed by atoms with E-state index in [4.69, 9.17) is 0 Å². The summed E-state index contributed by atoms with van der Waals surface area (Å²) in [6, 6.07) is 0.727. The van der Waals surface area contributed by atoms with Crippen LogP contribution in [0.25, 0.3) is 0 Å². The van der Waals surface area contributed by atoms with E-state index >= 15 is 0 Å². The lowest BCUT2D eigenvalue weighted by Crippen LogP contribution is -2.22. The molecule has 0 saturated carbocycles. The molecule has 1 aliphatic heterocycles. The van der Waals surface area contributed by atoms with Gasteiger partial charge in [0.05, 0.1) is 6.04 Å². The van der Waals surface area contributed by atoms with Gasteiger partial charge in [-0.25, -0.2) is 0 Å². The molecule has 0 amide bonds. The number of hydrogen-bond donors (Lipinski definition) is 1. The standard InChI is InChI=1S/C9H18N2/c1-3-4-5-9(2)11-7-6-10-8-11/h8-9H,3-7H2,1-2H3/p+1. The Morgan fingerprint density at radius 2 is 2.45 bits per heavy atom. The molecule has 0 aliphatic carbocycles. The predicted octanol–water partition coefficient (Wildman–Crippen LogP) is 1.21. The van der Waals surface area contributed by atoms with Gasteiger partial charge in [-0.05, 0) is 19.8 Å². The van der Waals surface area contributed by atoms with Crippen molar-refractivity contribution >= 4 is 6.34 Å². The summed E-state index contributed by atoms with van der Waals surface area (Å²) in [4.78, 5) is 0. The molecule has 0 spiro atoms. The van der Waals surface area contributed by atoms with Crippen LogP contribution in [0.2, 0.25) is 0 Å². The molecule has 1 N–H and O–H groups in total. The molecule has 0 saturated heterocycles. The summed E-state index contributed by atoms with van der Waals surface area (Å²) >= 11 is 0. The van der Waals surface area contributed by atoms with Crippen molar-refractivity contribution in [1.29, 1.82) is 0 Å². The lowest BCUT2D eigenvalue weighted by molar-refractivity contribution is -0.550. The number of nitrogens with one attached hydrogen (secondary N) is 1. The maximum atomic E-state index is 3.23. The van der Waals surface area contributed by atoms with Crippen LogP contribution in [0, 0.1) is 0 Å². The Labute approximate surface area is 69.3 Å². The summed E-state index contributed by atoms with van der Waals surface area (Å²) in [6.45, 7) is 6.86. The minimum atomic E-state index is 0.727. The van der Waals surface area contributed by atoms with Crippen molar-refractivity contribution in [2.24, 2.45) is 0 Å². The molecule has 0 aromatic heterocycles. The molecule has 2 nitrogen and oxygen atoms in total. The fourth-order valence-electron chi connectivity index (χ4n) is 1.45. The molecule has 0 fully saturated rings. The molecule has 1 unspecified atom stereocenters. The highest BCUT2D eigenvalue weighted by Gasteiger charge is 2.14. The van der Waals surface area contributed by atoms with Gasteiger partial charge in [-0.3, -0.25) is 9.89 Å². The average Bonchev–Trinajstić information content (AvgIpc) is 2.52. The van der Waals surface area contributed by atoms with Crippen molar-refractivity contribution in [3.63, 3.8) is 0 Å². The van der Waals surface area contributed by atoms with E-state index in [0.717, 1.165) is 12.6 Å². The molecule has 1 rings (SSSR count). The smallest absolute Gasteiger partial charge is 0.232 e. The zero-order chi connectivity index (χ0) is 8.10. The van der Waals surface area contributed by atoms with Gasteiger partial charge in [0.25, 0.3) is 0 Å². The average molecular weight is 155 g/mol. The Morgan fingerprint density at radius 3 is 3.00 bits per heavy atom. The van der Waals surface area contributed by atoms with Gasteiger partial charge in [0.15, 0.2) is 0 Å². The number of hydrogen-bond acceptors (Lipinski definition) is 1. The molecule has 1 aliphatic rings. The number of nitrogens with zero attached hydrogens (tertiary/aromatic N) is 1. The molecule has 1 heterocycles. The van der Waals surface area contributed by atoms with Crippen LogP contribution in [0.15, 0.2) is 0 Å². The molecular weight excluding hydrogens is 136 g/mol. The van der Waals surface area contributed by atoms with Crippen LogP contribution >= 0.6 is 0 Å². The van der Waals surface area contributed by atoms with Crippen molar-refractivity contribution in [2.75, 3.05) is 13.1 Å². The van der Waals surface area contributed by atoms with E-state index in [-0.39, 0.29) is 0 Å². The Morgan fingerprint density at radius 1 is 1.64 bits per heavy atom. The maximum Gasteiger partial charge on any atom is 0.232 e. The molecule has 1 atom stereocenters. The predicted molar refractivity (Wildman–Crippen MR) is 48.2 cm³/mol. The maximum absolute atomic E-state index is 3.23. The number of unbranched alkanes of at least 4 members (excludes halogenated alkanes) is 1. The van der Waals surface area contributed by atoms with Crippen LogP contribution in [0.1, 0.15) is 33.1 Å².